The zero-order chi connectivity index (χ0) is 24.2. The summed E-state index contributed by atoms with van der Waals surface area (Å²) in [5.41, 5.74) is 2.06. The first-order valence-electron chi connectivity index (χ1n) is 11.3. The molecular weight excluding hydrogens is 478 g/mol. The maximum absolute atomic E-state index is 13.1. The van der Waals surface area contributed by atoms with Crippen molar-refractivity contribution < 1.29 is 13.6 Å². The molecule has 10 nitrogen and oxygen atoms in total. The number of fused-ring (bicyclic) bond motifs is 1. The molecule has 4 rings (SSSR count). The molecule has 1 aliphatic heterocycles. The Morgan fingerprint density at radius 2 is 1.97 bits per heavy atom. The van der Waals surface area contributed by atoms with E-state index < -0.39 is 11.3 Å². The molecule has 2 heterocycles. The highest BCUT2D eigenvalue weighted by atomic mass is 35.5. The van der Waals surface area contributed by atoms with Gasteiger partial charge in [0.25, 0.3) is 5.91 Å². The van der Waals surface area contributed by atoms with Crippen molar-refractivity contribution in [1.29, 1.82) is 0 Å². The molecule has 1 aromatic carbocycles. The third kappa shape index (κ3) is 5.60. The van der Waals surface area contributed by atoms with Crippen molar-refractivity contribution in [2.24, 2.45) is 5.92 Å². The third-order valence-electron chi connectivity index (χ3n) is 6.48. The summed E-state index contributed by atoms with van der Waals surface area (Å²) in [5.74, 6) is 0.919. The molecule has 1 unspecified atom stereocenters. The molecule has 0 radical (unpaired) electrons. The van der Waals surface area contributed by atoms with Gasteiger partial charge in [0.05, 0.1) is 23.1 Å². The van der Waals surface area contributed by atoms with Crippen LogP contribution >= 0.6 is 11.6 Å². The first-order chi connectivity index (χ1) is 16.3. The van der Waals surface area contributed by atoms with E-state index in [0.717, 1.165) is 37.9 Å². The average Bonchev–Trinajstić information content (AvgIpc) is 2.93. The summed E-state index contributed by atoms with van der Waals surface area (Å²) in [6, 6.07) is 5.73. The average molecular weight is 508 g/mol. The van der Waals surface area contributed by atoms with Crippen LogP contribution in [0.2, 0.25) is 5.02 Å². The van der Waals surface area contributed by atoms with E-state index in [4.69, 9.17) is 16.2 Å². The molecule has 1 amide bonds. The first-order valence-corrected chi connectivity index (χ1v) is 12.8. The molecule has 12 heteroatoms. The molecule has 0 spiro atoms. The second-order valence-corrected chi connectivity index (χ2v) is 9.95. The topological polar surface area (TPSA) is 123 Å². The molecule has 2 aromatic rings. The van der Waals surface area contributed by atoms with Crippen LogP contribution in [0.1, 0.15) is 36.0 Å². The van der Waals surface area contributed by atoms with Crippen molar-refractivity contribution in [1.82, 2.24) is 19.6 Å². The SMILES string of the molecule is CN1CCN(C)c2cccc(Nc3ncc(Cl)c(N[C@@H]4CCCC[C@@H]4CNS(=O)O)n3)c2C1=O. The van der Waals surface area contributed by atoms with Crippen molar-refractivity contribution >= 4 is 51.9 Å². The molecule has 4 N–H and O–H groups in total. The summed E-state index contributed by atoms with van der Waals surface area (Å²) in [6.45, 7) is 1.80. The third-order valence-corrected chi connectivity index (χ3v) is 7.17. The van der Waals surface area contributed by atoms with Gasteiger partial charge >= 0.3 is 0 Å². The largest absolute Gasteiger partial charge is 0.372 e. The number of aromatic nitrogens is 2. The second-order valence-electron chi connectivity index (χ2n) is 8.76. The van der Waals surface area contributed by atoms with Crippen LogP contribution in [-0.2, 0) is 11.3 Å². The summed E-state index contributed by atoms with van der Waals surface area (Å²) >= 11 is 4.36. The first kappa shape index (κ1) is 24.6. The highest BCUT2D eigenvalue weighted by Gasteiger charge is 2.28. The Bertz CT molecular complexity index is 1070. The Hall–Kier alpha value is -2.47. The zero-order valence-electron chi connectivity index (χ0n) is 19.3. The monoisotopic (exact) mass is 507 g/mol. The van der Waals surface area contributed by atoms with Crippen LogP contribution in [0.5, 0.6) is 0 Å². The van der Waals surface area contributed by atoms with E-state index in [2.05, 4.69) is 30.2 Å². The molecule has 1 aromatic heterocycles. The lowest BCUT2D eigenvalue weighted by Gasteiger charge is -2.32. The van der Waals surface area contributed by atoms with Gasteiger partial charge in [-0.05, 0) is 30.9 Å². The van der Waals surface area contributed by atoms with Crippen LogP contribution < -0.4 is 20.3 Å². The maximum Gasteiger partial charge on any atom is 0.257 e. The van der Waals surface area contributed by atoms with Crippen LogP contribution in [-0.4, -0.2) is 69.3 Å². The number of anilines is 4. The molecular formula is C22H30ClN7O3S. The van der Waals surface area contributed by atoms with Crippen LogP contribution in [0.25, 0.3) is 0 Å². The fourth-order valence-corrected chi connectivity index (χ4v) is 5.05. The predicted molar refractivity (Wildman–Crippen MR) is 135 cm³/mol. The quantitative estimate of drug-likeness (QED) is 0.422. The number of nitrogens with zero attached hydrogens (tertiary/aromatic N) is 4. The zero-order valence-corrected chi connectivity index (χ0v) is 20.8. The number of rotatable bonds is 7. The Morgan fingerprint density at radius 3 is 2.76 bits per heavy atom. The Balaban J connectivity index is 1.57. The number of benzene rings is 1. The molecule has 0 bridgehead atoms. The summed E-state index contributed by atoms with van der Waals surface area (Å²) in [5, 5.41) is 7.01. The summed E-state index contributed by atoms with van der Waals surface area (Å²) < 4.78 is 22.8. The van der Waals surface area contributed by atoms with Crippen molar-refractivity contribution in [3.63, 3.8) is 0 Å². The molecule has 3 atom stereocenters. The molecule has 34 heavy (non-hydrogen) atoms. The summed E-state index contributed by atoms with van der Waals surface area (Å²) in [6.07, 6.45) is 5.51. The van der Waals surface area contributed by atoms with Gasteiger partial charge in [0.2, 0.25) is 17.2 Å². The Kier molecular flexibility index (Phi) is 7.87. The summed E-state index contributed by atoms with van der Waals surface area (Å²) in [4.78, 5) is 25.8. The van der Waals surface area contributed by atoms with Gasteiger partial charge < -0.3 is 20.4 Å². The number of likely N-dealkylation sites (N-methyl/N-ethyl adjacent to an activating group) is 2. The van der Waals surface area contributed by atoms with E-state index in [1.54, 1.807) is 11.9 Å². The van der Waals surface area contributed by atoms with Gasteiger partial charge in [0, 0.05) is 39.8 Å². The minimum Gasteiger partial charge on any atom is -0.372 e. The van der Waals surface area contributed by atoms with E-state index in [0.29, 0.717) is 41.1 Å². The predicted octanol–water partition coefficient (Wildman–Crippen LogP) is 3.09. The highest BCUT2D eigenvalue weighted by molar-refractivity contribution is 7.77. The smallest absolute Gasteiger partial charge is 0.257 e. The van der Waals surface area contributed by atoms with Gasteiger partial charge in [0.15, 0.2) is 5.82 Å². The van der Waals surface area contributed by atoms with Gasteiger partial charge in [-0.3, -0.25) is 9.35 Å². The fourth-order valence-electron chi connectivity index (χ4n) is 4.54. The van der Waals surface area contributed by atoms with E-state index in [9.17, 15) is 9.00 Å². The van der Waals surface area contributed by atoms with Crippen LogP contribution in [0.15, 0.2) is 24.4 Å². The van der Waals surface area contributed by atoms with Gasteiger partial charge in [-0.25, -0.2) is 13.9 Å². The van der Waals surface area contributed by atoms with Crippen molar-refractivity contribution in [3.05, 3.63) is 35.0 Å². The molecule has 2 aliphatic rings. The lowest BCUT2D eigenvalue weighted by atomic mass is 9.84. The van der Waals surface area contributed by atoms with E-state index >= 15 is 0 Å². The second kappa shape index (κ2) is 10.9. The normalized spacial score (nSPS) is 21.6. The van der Waals surface area contributed by atoms with E-state index in [-0.39, 0.29) is 17.9 Å². The van der Waals surface area contributed by atoms with Gasteiger partial charge in [-0.15, -0.1) is 0 Å². The van der Waals surface area contributed by atoms with Crippen LogP contribution in [0.3, 0.4) is 0 Å². The van der Waals surface area contributed by atoms with E-state index in [1.165, 1.54) is 6.20 Å². The van der Waals surface area contributed by atoms with Gasteiger partial charge in [-0.2, -0.15) is 4.98 Å². The highest BCUT2D eigenvalue weighted by Crippen LogP contribution is 2.33. The van der Waals surface area contributed by atoms with Crippen molar-refractivity contribution in [3.8, 4) is 0 Å². The van der Waals surface area contributed by atoms with Crippen molar-refractivity contribution in [2.75, 3.05) is 49.3 Å². The standard InChI is InChI=1S/C22H30ClN7O3S/c1-29-10-11-30(2)21(31)19-17(8-5-9-18(19)29)27-22-24-13-15(23)20(28-22)26-16-7-4-3-6-14(16)12-25-34(32)33/h5,8-9,13-14,16,25H,3-4,6-7,10-12H2,1-2H3,(H,32,33)(H2,24,26,27,28)/t14-,16-/m1/s1. The summed E-state index contributed by atoms with van der Waals surface area (Å²) in [7, 11) is 3.77. The lowest BCUT2D eigenvalue weighted by molar-refractivity contribution is 0.0806. The lowest BCUT2D eigenvalue weighted by Crippen LogP contribution is -2.39. The molecule has 1 saturated carbocycles. The number of nitrogens with one attached hydrogen (secondary N) is 3. The fraction of sp³-hybridized carbons (Fsp3) is 0.500. The van der Waals surface area contributed by atoms with E-state index in [1.807, 2.05) is 25.2 Å². The molecule has 184 valence electrons. The molecule has 0 saturated heterocycles. The molecule has 1 aliphatic carbocycles. The Morgan fingerprint density at radius 1 is 1.21 bits per heavy atom. The van der Waals surface area contributed by atoms with Gasteiger partial charge in [-0.1, -0.05) is 30.5 Å². The maximum atomic E-state index is 13.1. The van der Waals surface area contributed by atoms with Crippen LogP contribution in [0, 0.1) is 5.92 Å². The van der Waals surface area contributed by atoms with Crippen LogP contribution in [0.4, 0.5) is 23.1 Å². The minimum atomic E-state index is -2.04. The number of hydrogen-bond donors (Lipinski definition) is 4. The number of carbonyl (C=O) groups is 1. The Labute approximate surface area is 206 Å². The van der Waals surface area contributed by atoms with Gasteiger partial charge in [0.1, 0.15) is 5.02 Å². The number of hydrogen-bond acceptors (Lipinski definition) is 7. The number of carbonyl (C=O) groups excluding carboxylic acids is 1. The van der Waals surface area contributed by atoms with Crippen molar-refractivity contribution in [2.45, 2.75) is 31.7 Å². The minimum absolute atomic E-state index is 0.0573. The molecule has 1 fully saturated rings. The number of amides is 1. The number of halogens is 1.